The highest BCUT2D eigenvalue weighted by molar-refractivity contribution is 5.93. The first kappa shape index (κ1) is 13.3. The lowest BCUT2D eigenvalue weighted by atomic mass is 10.1. The van der Waals surface area contributed by atoms with E-state index in [-0.39, 0.29) is 5.91 Å². The number of carbonyl (C=O) groups excluding carboxylic acids is 1. The number of hydrogen-bond donors (Lipinski definition) is 1. The quantitative estimate of drug-likeness (QED) is 0.885. The van der Waals surface area contributed by atoms with E-state index in [1.807, 2.05) is 24.3 Å². The number of amides is 1. The van der Waals surface area contributed by atoms with E-state index in [1.165, 1.54) is 0 Å². The summed E-state index contributed by atoms with van der Waals surface area (Å²) < 4.78 is 6.65. The molecule has 0 radical (unpaired) electrons. The molecule has 1 amide bonds. The Bertz CT molecular complexity index is 546. The summed E-state index contributed by atoms with van der Waals surface area (Å²) in [6.45, 7) is 1.10. The molecule has 0 aliphatic heterocycles. The van der Waals surface area contributed by atoms with Crippen molar-refractivity contribution in [2.24, 2.45) is 7.05 Å². The first-order valence-electron chi connectivity index (χ1n) is 6.02. The molecular formula is C14H17N3O2. The molecule has 5 heteroatoms. The summed E-state index contributed by atoms with van der Waals surface area (Å²) in [5, 5.41) is 6.82. The van der Waals surface area contributed by atoms with Crippen LogP contribution in [0.5, 0.6) is 0 Å². The topological polar surface area (TPSA) is 56.1 Å². The Labute approximate surface area is 112 Å². The summed E-state index contributed by atoms with van der Waals surface area (Å²) in [5.41, 5.74) is 2.74. The summed E-state index contributed by atoms with van der Waals surface area (Å²) in [4.78, 5) is 11.8. The van der Waals surface area contributed by atoms with Crippen molar-refractivity contribution >= 4 is 5.91 Å². The lowest BCUT2D eigenvalue weighted by Gasteiger charge is -2.05. The van der Waals surface area contributed by atoms with Gasteiger partial charge in [-0.05, 0) is 11.1 Å². The van der Waals surface area contributed by atoms with Crippen LogP contribution in [0.4, 0.5) is 0 Å². The molecular weight excluding hydrogens is 242 g/mol. The molecule has 19 heavy (non-hydrogen) atoms. The molecule has 1 N–H and O–H groups in total. The molecule has 0 saturated carbocycles. The predicted molar refractivity (Wildman–Crippen MR) is 71.5 cm³/mol. The van der Waals surface area contributed by atoms with Crippen LogP contribution in [0.25, 0.3) is 0 Å². The number of ether oxygens (including phenoxy) is 1. The first-order chi connectivity index (χ1) is 9.19. The molecule has 0 bridgehead atoms. The summed E-state index contributed by atoms with van der Waals surface area (Å²) >= 11 is 0. The summed E-state index contributed by atoms with van der Waals surface area (Å²) in [5.74, 6) is -0.117. The number of aryl methyl sites for hydroxylation is 1. The molecule has 0 aliphatic rings. The average Bonchev–Trinajstić information content (AvgIpc) is 2.85. The van der Waals surface area contributed by atoms with Crippen LogP contribution in [-0.2, 0) is 24.9 Å². The van der Waals surface area contributed by atoms with Gasteiger partial charge in [-0.1, -0.05) is 24.3 Å². The number of nitrogens with zero attached hydrogens (tertiary/aromatic N) is 2. The van der Waals surface area contributed by atoms with E-state index >= 15 is 0 Å². The largest absolute Gasteiger partial charge is 0.380 e. The minimum atomic E-state index is -0.117. The Morgan fingerprint density at radius 3 is 2.58 bits per heavy atom. The monoisotopic (exact) mass is 259 g/mol. The third kappa shape index (κ3) is 3.66. The van der Waals surface area contributed by atoms with Crippen molar-refractivity contribution in [3.05, 3.63) is 53.3 Å². The molecule has 1 aromatic carbocycles. The fourth-order valence-corrected chi connectivity index (χ4v) is 1.74. The van der Waals surface area contributed by atoms with Gasteiger partial charge in [-0.15, -0.1) is 0 Å². The number of benzene rings is 1. The number of carbonyl (C=O) groups is 1. The number of nitrogens with one attached hydrogen (secondary N) is 1. The van der Waals surface area contributed by atoms with Crippen molar-refractivity contribution in [3.63, 3.8) is 0 Å². The van der Waals surface area contributed by atoms with E-state index in [0.29, 0.717) is 18.7 Å². The van der Waals surface area contributed by atoms with Gasteiger partial charge in [0.1, 0.15) is 0 Å². The van der Waals surface area contributed by atoms with Gasteiger partial charge in [0.2, 0.25) is 0 Å². The molecule has 0 unspecified atom stereocenters. The summed E-state index contributed by atoms with van der Waals surface area (Å²) in [7, 11) is 3.45. The maximum absolute atomic E-state index is 11.8. The molecule has 0 spiro atoms. The van der Waals surface area contributed by atoms with Crippen molar-refractivity contribution < 1.29 is 9.53 Å². The minimum absolute atomic E-state index is 0.117. The van der Waals surface area contributed by atoms with E-state index in [2.05, 4.69) is 10.4 Å². The van der Waals surface area contributed by atoms with Crippen LogP contribution < -0.4 is 5.32 Å². The van der Waals surface area contributed by atoms with E-state index < -0.39 is 0 Å². The van der Waals surface area contributed by atoms with Crippen LogP contribution in [0.3, 0.4) is 0 Å². The van der Waals surface area contributed by atoms with Gasteiger partial charge in [-0.25, -0.2) is 0 Å². The van der Waals surface area contributed by atoms with Crippen LogP contribution in [-0.4, -0.2) is 22.8 Å². The highest BCUT2D eigenvalue weighted by atomic mass is 16.5. The zero-order chi connectivity index (χ0) is 13.7. The lowest BCUT2D eigenvalue weighted by molar-refractivity contribution is 0.0951. The molecule has 0 fully saturated rings. The number of hydrogen-bond acceptors (Lipinski definition) is 3. The van der Waals surface area contributed by atoms with Crippen molar-refractivity contribution in [2.75, 3.05) is 7.11 Å². The maximum Gasteiger partial charge on any atom is 0.254 e. The molecule has 2 aromatic rings. The third-order valence-corrected chi connectivity index (χ3v) is 2.75. The van der Waals surface area contributed by atoms with Crippen molar-refractivity contribution in [1.29, 1.82) is 0 Å². The SMILES string of the molecule is COCc1ccc(CNC(=O)c2cnn(C)c2)cc1. The minimum Gasteiger partial charge on any atom is -0.380 e. The summed E-state index contributed by atoms with van der Waals surface area (Å²) in [6.07, 6.45) is 3.24. The zero-order valence-corrected chi connectivity index (χ0v) is 11.1. The van der Waals surface area contributed by atoms with Crippen LogP contribution in [0.15, 0.2) is 36.7 Å². The van der Waals surface area contributed by atoms with Gasteiger partial charge in [-0.2, -0.15) is 5.10 Å². The Morgan fingerprint density at radius 2 is 2.00 bits per heavy atom. The van der Waals surface area contributed by atoms with Gasteiger partial charge in [0, 0.05) is 26.9 Å². The smallest absolute Gasteiger partial charge is 0.254 e. The standard InChI is InChI=1S/C14H17N3O2/c1-17-9-13(8-16-17)14(18)15-7-11-3-5-12(6-4-11)10-19-2/h3-6,8-9H,7,10H2,1-2H3,(H,15,18). The normalized spacial score (nSPS) is 10.4. The van der Waals surface area contributed by atoms with Gasteiger partial charge < -0.3 is 10.1 Å². The molecule has 5 nitrogen and oxygen atoms in total. The molecule has 0 atom stereocenters. The molecule has 0 saturated heterocycles. The number of rotatable bonds is 5. The van der Waals surface area contributed by atoms with Crippen molar-refractivity contribution in [1.82, 2.24) is 15.1 Å². The van der Waals surface area contributed by atoms with Gasteiger partial charge in [0.05, 0.1) is 18.4 Å². The van der Waals surface area contributed by atoms with E-state index in [9.17, 15) is 4.79 Å². The molecule has 2 rings (SSSR count). The van der Waals surface area contributed by atoms with Gasteiger partial charge in [0.15, 0.2) is 0 Å². The van der Waals surface area contributed by atoms with Crippen LogP contribution in [0, 0.1) is 0 Å². The third-order valence-electron chi connectivity index (χ3n) is 2.75. The van der Waals surface area contributed by atoms with E-state index in [4.69, 9.17) is 4.74 Å². The van der Waals surface area contributed by atoms with Gasteiger partial charge in [-0.3, -0.25) is 9.48 Å². The lowest BCUT2D eigenvalue weighted by Crippen LogP contribution is -2.22. The number of methoxy groups -OCH3 is 1. The van der Waals surface area contributed by atoms with Crippen LogP contribution >= 0.6 is 0 Å². The molecule has 1 aromatic heterocycles. The Morgan fingerprint density at radius 1 is 1.32 bits per heavy atom. The van der Waals surface area contributed by atoms with Crippen LogP contribution in [0.1, 0.15) is 21.5 Å². The second-order valence-corrected chi connectivity index (χ2v) is 4.33. The Hall–Kier alpha value is -2.14. The average molecular weight is 259 g/mol. The first-order valence-corrected chi connectivity index (χ1v) is 6.02. The Balaban J connectivity index is 1.89. The fourth-order valence-electron chi connectivity index (χ4n) is 1.74. The van der Waals surface area contributed by atoms with E-state index in [0.717, 1.165) is 11.1 Å². The summed E-state index contributed by atoms with van der Waals surface area (Å²) in [6, 6.07) is 7.96. The van der Waals surface area contributed by atoms with E-state index in [1.54, 1.807) is 31.2 Å². The Kier molecular flexibility index (Phi) is 4.30. The maximum atomic E-state index is 11.8. The van der Waals surface area contributed by atoms with Crippen molar-refractivity contribution in [2.45, 2.75) is 13.2 Å². The fraction of sp³-hybridized carbons (Fsp3) is 0.286. The molecule has 100 valence electrons. The predicted octanol–water partition coefficient (Wildman–Crippen LogP) is 1.50. The van der Waals surface area contributed by atoms with Gasteiger partial charge >= 0.3 is 0 Å². The highest BCUT2D eigenvalue weighted by Gasteiger charge is 2.06. The number of aromatic nitrogens is 2. The van der Waals surface area contributed by atoms with Crippen molar-refractivity contribution in [3.8, 4) is 0 Å². The molecule has 0 aliphatic carbocycles. The second-order valence-electron chi connectivity index (χ2n) is 4.33. The highest BCUT2D eigenvalue weighted by Crippen LogP contribution is 2.06. The van der Waals surface area contributed by atoms with Crippen LogP contribution in [0.2, 0.25) is 0 Å². The molecule has 1 heterocycles. The second kappa shape index (κ2) is 6.15. The van der Waals surface area contributed by atoms with Gasteiger partial charge in [0.25, 0.3) is 5.91 Å². The zero-order valence-electron chi connectivity index (χ0n) is 11.1.